The molecule has 1 fully saturated rings. The zero-order valence-corrected chi connectivity index (χ0v) is 13.0. The first-order valence-electron chi connectivity index (χ1n) is 7.66. The molecule has 1 atom stereocenters. The van der Waals surface area contributed by atoms with Crippen molar-refractivity contribution in [2.45, 2.75) is 58.4 Å². The minimum atomic E-state index is 0.0474. The van der Waals surface area contributed by atoms with Gasteiger partial charge in [-0.15, -0.1) is 0 Å². The van der Waals surface area contributed by atoms with Gasteiger partial charge >= 0.3 is 0 Å². The van der Waals surface area contributed by atoms with Gasteiger partial charge in [-0.05, 0) is 43.9 Å². The molecule has 1 aromatic carbocycles. The average molecular weight is 271 g/mol. The Bertz CT molecular complexity index is 629. The molecule has 2 aromatic rings. The molecule has 1 aliphatic rings. The number of rotatable bonds is 2. The van der Waals surface area contributed by atoms with Crippen LogP contribution in [0.15, 0.2) is 18.2 Å². The maximum Gasteiger partial charge on any atom is 0.115 e. The second-order valence-electron chi connectivity index (χ2n) is 7.24. The summed E-state index contributed by atoms with van der Waals surface area (Å²) < 4.78 is 2.46. The number of nitrogens with two attached hydrogens (primary N) is 1. The van der Waals surface area contributed by atoms with E-state index in [1.54, 1.807) is 0 Å². The molecule has 0 bridgehead atoms. The predicted molar refractivity (Wildman–Crippen MR) is 84.9 cm³/mol. The second-order valence-corrected chi connectivity index (χ2v) is 7.24. The summed E-state index contributed by atoms with van der Waals surface area (Å²) in [7, 11) is 0. The molecule has 0 aliphatic heterocycles. The van der Waals surface area contributed by atoms with Crippen LogP contribution in [0, 0.1) is 5.92 Å². The molecule has 0 radical (unpaired) electrons. The van der Waals surface area contributed by atoms with Crippen LogP contribution in [0.5, 0.6) is 0 Å². The van der Waals surface area contributed by atoms with Crippen LogP contribution in [0.1, 0.15) is 58.8 Å². The summed E-state index contributed by atoms with van der Waals surface area (Å²) in [5.74, 6) is 1.98. The Kier molecular flexibility index (Phi) is 3.03. The lowest BCUT2D eigenvalue weighted by atomic mass is 9.80. The molecule has 1 aliphatic carbocycles. The number of imidazole rings is 1. The van der Waals surface area contributed by atoms with Gasteiger partial charge in [0.25, 0.3) is 0 Å². The lowest BCUT2D eigenvalue weighted by Crippen LogP contribution is -2.28. The fraction of sp³-hybridized carbons (Fsp3) is 0.588. The maximum absolute atomic E-state index is 5.92. The van der Waals surface area contributed by atoms with Gasteiger partial charge in [0, 0.05) is 17.1 Å². The standard InChI is InChI=1S/C17H25N3/c1-11(12-6-5-7-12)20-15-9-8-13(18)10-14(15)19-16(20)17(2,3)4/h8-12H,5-7,18H2,1-4H3. The highest BCUT2D eigenvalue weighted by atomic mass is 15.1. The number of nitrogen functional groups attached to an aromatic ring is 1. The van der Waals surface area contributed by atoms with Gasteiger partial charge in [-0.3, -0.25) is 0 Å². The van der Waals surface area contributed by atoms with E-state index in [0.717, 1.165) is 17.1 Å². The Morgan fingerprint density at radius 3 is 2.55 bits per heavy atom. The summed E-state index contributed by atoms with van der Waals surface area (Å²) in [6, 6.07) is 6.63. The number of aromatic nitrogens is 2. The van der Waals surface area contributed by atoms with Crippen LogP contribution < -0.4 is 5.73 Å². The van der Waals surface area contributed by atoms with E-state index in [9.17, 15) is 0 Å². The molecule has 1 aromatic heterocycles. The van der Waals surface area contributed by atoms with Crippen LogP contribution in [0.25, 0.3) is 11.0 Å². The molecule has 3 heteroatoms. The Morgan fingerprint density at radius 1 is 1.30 bits per heavy atom. The van der Waals surface area contributed by atoms with Gasteiger partial charge in [-0.2, -0.15) is 0 Å². The van der Waals surface area contributed by atoms with Crippen molar-refractivity contribution in [1.82, 2.24) is 9.55 Å². The van der Waals surface area contributed by atoms with E-state index in [-0.39, 0.29) is 5.41 Å². The molecule has 0 spiro atoms. The van der Waals surface area contributed by atoms with Gasteiger partial charge < -0.3 is 10.3 Å². The van der Waals surface area contributed by atoms with Crippen molar-refractivity contribution in [2.75, 3.05) is 5.73 Å². The molecule has 3 nitrogen and oxygen atoms in total. The Hall–Kier alpha value is -1.51. The Labute approximate surface area is 121 Å². The highest BCUT2D eigenvalue weighted by molar-refractivity contribution is 5.80. The fourth-order valence-corrected chi connectivity index (χ4v) is 3.19. The number of hydrogen-bond donors (Lipinski definition) is 1. The van der Waals surface area contributed by atoms with Crippen molar-refractivity contribution < 1.29 is 0 Å². The molecule has 0 saturated heterocycles. The maximum atomic E-state index is 5.92. The van der Waals surface area contributed by atoms with Gasteiger partial charge in [0.05, 0.1) is 11.0 Å². The third-order valence-electron chi connectivity index (χ3n) is 4.62. The van der Waals surface area contributed by atoms with Crippen LogP contribution in [-0.2, 0) is 5.41 Å². The van der Waals surface area contributed by atoms with Crippen molar-refractivity contribution >= 4 is 16.7 Å². The summed E-state index contributed by atoms with van der Waals surface area (Å²) in [6.45, 7) is 9.06. The monoisotopic (exact) mass is 271 g/mol. The van der Waals surface area contributed by atoms with Crippen molar-refractivity contribution in [2.24, 2.45) is 5.92 Å². The van der Waals surface area contributed by atoms with Gasteiger partial charge in [-0.1, -0.05) is 27.2 Å². The van der Waals surface area contributed by atoms with Gasteiger partial charge in [0.1, 0.15) is 5.82 Å². The molecule has 3 rings (SSSR count). The van der Waals surface area contributed by atoms with Crippen LogP contribution in [0.3, 0.4) is 0 Å². The highest BCUT2D eigenvalue weighted by Crippen LogP contribution is 2.40. The quantitative estimate of drug-likeness (QED) is 0.829. The van der Waals surface area contributed by atoms with Gasteiger partial charge in [-0.25, -0.2) is 4.98 Å². The predicted octanol–water partition coefficient (Wildman–Crippen LogP) is 4.28. The average Bonchev–Trinajstić information content (AvgIpc) is 2.64. The van der Waals surface area contributed by atoms with Crippen LogP contribution in [0.2, 0.25) is 0 Å². The zero-order valence-electron chi connectivity index (χ0n) is 13.0. The molecule has 108 valence electrons. The lowest BCUT2D eigenvalue weighted by Gasteiger charge is -2.35. The van der Waals surface area contributed by atoms with Crippen molar-refractivity contribution in [3.63, 3.8) is 0 Å². The van der Waals surface area contributed by atoms with E-state index in [0.29, 0.717) is 6.04 Å². The number of anilines is 1. The molecule has 2 N–H and O–H groups in total. The van der Waals surface area contributed by atoms with Gasteiger partial charge in [0.15, 0.2) is 0 Å². The summed E-state index contributed by atoms with van der Waals surface area (Å²) >= 11 is 0. The minimum Gasteiger partial charge on any atom is -0.399 e. The molecule has 1 heterocycles. The van der Waals surface area contributed by atoms with Crippen molar-refractivity contribution in [1.29, 1.82) is 0 Å². The Morgan fingerprint density at radius 2 is 2.00 bits per heavy atom. The molecule has 1 saturated carbocycles. The molecule has 20 heavy (non-hydrogen) atoms. The number of fused-ring (bicyclic) bond motifs is 1. The van der Waals surface area contributed by atoms with E-state index < -0.39 is 0 Å². The first-order chi connectivity index (χ1) is 9.38. The smallest absolute Gasteiger partial charge is 0.115 e. The number of nitrogens with zero attached hydrogens (tertiary/aromatic N) is 2. The van der Waals surface area contributed by atoms with E-state index in [1.165, 1.54) is 30.6 Å². The van der Waals surface area contributed by atoms with Crippen molar-refractivity contribution in [3.05, 3.63) is 24.0 Å². The first-order valence-corrected chi connectivity index (χ1v) is 7.66. The van der Waals surface area contributed by atoms with E-state index in [2.05, 4.69) is 38.3 Å². The summed E-state index contributed by atoms with van der Waals surface area (Å²) in [6.07, 6.45) is 4.07. The van der Waals surface area contributed by atoms with E-state index in [4.69, 9.17) is 10.7 Å². The van der Waals surface area contributed by atoms with Crippen LogP contribution in [0.4, 0.5) is 5.69 Å². The van der Waals surface area contributed by atoms with Crippen molar-refractivity contribution in [3.8, 4) is 0 Å². The summed E-state index contributed by atoms with van der Waals surface area (Å²) in [5.41, 5.74) is 9.01. The largest absolute Gasteiger partial charge is 0.399 e. The van der Waals surface area contributed by atoms with Crippen LogP contribution >= 0.6 is 0 Å². The third kappa shape index (κ3) is 2.09. The minimum absolute atomic E-state index is 0.0474. The summed E-state index contributed by atoms with van der Waals surface area (Å²) in [4.78, 5) is 4.89. The summed E-state index contributed by atoms with van der Waals surface area (Å²) in [5, 5.41) is 0. The molecule has 1 unspecified atom stereocenters. The number of hydrogen-bond acceptors (Lipinski definition) is 2. The topological polar surface area (TPSA) is 43.8 Å². The third-order valence-corrected chi connectivity index (χ3v) is 4.62. The van der Waals surface area contributed by atoms with E-state index in [1.807, 2.05) is 12.1 Å². The zero-order chi connectivity index (χ0) is 14.5. The first kappa shape index (κ1) is 13.5. The fourth-order valence-electron chi connectivity index (χ4n) is 3.19. The van der Waals surface area contributed by atoms with Crippen LogP contribution in [-0.4, -0.2) is 9.55 Å². The van der Waals surface area contributed by atoms with Gasteiger partial charge in [0.2, 0.25) is 0 Å². The second kappa shape index (κ2) is 4.51. The SMILES string of the molecule is CC(C1CCC1)n1c(C(C)(C)C)nc2cc(N)ccc21. The lowest BCUT2D eigenvalue weighted by molar-refractivity contribution is 0.218. The normalized spacial score (nSPS) is 18.2. The Balaban J connectivity index is 2.20. The molecule has 0 amide bonds. The number of benzene rings is 1. The van der Waals surface area contributed by atoms with E-state index >= 15 is 0 Å². The molecular formula is C17H25N3. The molecular weight excluding hydrogens is 246 g/mol. The highest BCUT2D eigenvalue weighted by Gasteiger charge is 2.31.